The fourth-order valence-corrected chi connectivity index (χ4v) is 3.98. The number of guanidine groups is 1. The molecule has 0 amide bonds. The first-order chi connectivity index (χ1) is 12.8. The Morgan fingerprint density at radius 3 is 2.74 bits per heavy atom. The van der Waals surface area contributed by atoms with Gasteiger partial charge in [-0.3, -0.25) is 4.99 Å². The lowest BCUT2D eigenvalue weighted by Crippen LogP contribution is -2.49. The number of anilines is 1. The number of piperidine rings is 1. The predicted molar refractivity (Wildman–Crippen MR) is 127 cm³/mol. The predicted octanol–water partition coefficient (Wildman–Crippen LogP) is 4.09. The van der Waals surface area contributed by atoms with Crippen LogP contribution >= 0.6 is 35.3 Å². The van der Waals surface area contributed by atoms with Crippen LogP contribution in [0.15, 0.2) is 46.9 Å². The van der Waals surface area contributed by atoms with Crippen LogP contribution in [0.4, 0.5) is 5.82 Å². The van der Waals surface area contributed by atoms with Gasteiger partial charge in [-0.1, -0.05) is 19.1 Å². The Hall–Kier alpha value is -1.35. The van der Waals surface area contributed by atoms with Crippen LogP contribution in [0, 0.1) is 0 Å². The fourth-order valence-electron chi connectivity index (χ4n) is 3.20. The molecule has 0 spiro atoms. The van der Waals surface area contributed by atoms with E-state index < -0.39 is 0 Å². The molecule has 1 aliphatic rings. The van der Waals surface area contributed by atoms with Crippen molar-refractivity contribution >= 4 is 47.1 Å². The lowest BCUT2D eigenvalue weighted by Gasteiger charge is -2.33. The zero-order valence-corrected chi connectivity index (χ0v) is 19.2. The molecule has 1 unspecified atom stereocenters. The van der Waals surface area contributed by atoms with E-state index in [1.54, 1.807) is 0 Å². The Labute approximate surface area is 183 Å². The topological polar surface area (TPSA) is 52.6 Å². The number of aliphatic imine (C=N–C) groups is 1. The van der Waals surface area contributed by atoms with Gasteiger partial charge in [0.1, 0.15) is 5.82 Å². The molecule has 1 aliphatic heterocycles. The van der Waals surface area contributed by atoms with Crippen LogP contribution < -0.4 is 15.5 Å². The van der Waals surface area contributed by atoms with Gasteiger partial charge in [-0.2, -0.15) is 0 Å². The summed E-state index contributed by atoms with van der Waals surface area (Å²) < 4.78 is 0. The Morgan fingerprint density at radius 2 is 2.11 bits per heavy atom. The van der Waals surface area contributed by atoms with E-state index in [0.717, 1.165) is 50.8 Å². The van der Waals surface area contributed by atoms with E-state index >= 15 is 0 Å². The first kappa shape index (κ1) is 21.9. The third-order valence-corrected chi connectivity index (χ3v) is 5.81. The first-order valence-electron chi connectivity index (χ1n) is 9.50. The average molecular weight is 499 g/mol. The summed E-state index contributed by atoms with van der Waals surface area (Å²) >= 11 is 1.81. The van der Waals surface area contributed by atoms with E-state index in [4.69, 9.17) is 4.99 Å². The van der Waals surface area contributed by atoms with Crippen LogP contribution in [-0.4, -0.2) is 43.2 Å². The molecule has 2 aromatic heterocycles. The van der Waals surface area contributed by atoms with Gasteiger partial charge >= 0.3 is 0 Å². The molecule has 5 nitrogen and oxygen atoms in total. The van der Waals surface area contributed by atoms with E-state index in [1.807, 2.05) is 23.6 Å². The highest BCUT2D eigenvalue weighted by atomic mass is 127. The maximum absolute atomic E-state index is 4.82. The maximum atomic E-state index is 4.82. The molecule has 3 rings (SSSR count). The third kappa shape index (κ3) is 6.64. The average Bonchev–Trinajstić information content (AvgIpc) is 3.22. The molecule has 27 heavy (non-hydrogen) atoms. The van der Waals surface area contributed by atoms with Crippen LogP contribution in [0.1, 0.15) is 37.5 Å². The van der Waals surface area contributed by atoms with E-state index in [0.29, 0.717) is 12.0 Å². The van der Waals surface area contributed by atoms with Crippen LogP contribution in [0.5, 0.6) is 0 Å². The Balaban J connectivity index is 0.00000261. The first-order valence-corrected chi connectivity index (χ1v) is 10.4. The van der Waals surface area contributed by atoms with Crippen molar-refractivity contribution in [3.63, 3.8) is 0 Å². The minimum atomic E-state index is 0. The van der Waals surface area contributed by atoms with Crippen molar-refractivity contribution in [2.45, 2.75) is 38.6 Å². The van der Waals surface area contributed by atoms with Crippen molar-refractivity contribution < 1.29 is 0 Å². The van der Waals surface area contributed by atoms with Crippen molar-refractivity contribution in [2.75, 3.05) is 31.1 Å². The quantitative estimate of drug-likeness (QED) is 0.357. The van der Waals surface area contributed by atoms with Gasteiger partial charge < -0.3 is 15.5 Å². The zero-order valence-electron chi connectivity index (χ0n) is 16.1. The number of aromatic nitrogens is 1. The second kappa shape index (κ2) is 11.5. The van der Waals surface area contributed by atoms with Crippen molar-refractivity contribution in [3.05, 3.63) is 46.8 Å². The summed E-state index contributed by atoms with van der Waals surface area (Å²) in [5.74, 6) is 2.47. The summed E-state index contributed by atoms with van der Waals surface area (Å²) in [7, 11) is 0. The number of halogens is 1. The van der Waals surface area contributed by atoms with E-state index in [2.05, 4.69) is 64.0 Å². The summed E-state index contributed by atoms with van der Waals surface area (Å²) in [6.45, 7) is 8.10. The Bertz CT molecular complexity index is 669. The molecule has 148 valence electrons. The molecular formula is C20H30IN5S. The summed E-state index contributed by atoms with van der Waals surface area (Å²) in [4.78, 5) is 13.0. The van der Waals surface area contributed by atoms with Crippen molar-refractivity contribution in [3.8, 4) is 0 Å². The molecule has 2 N–H and O–H groups in total. The SMILES string of the molecule is CCNC(=NCC(C)c1cccs1)NC1CCN(c2ccccn2)CC1.I. The summed E-state index contributed by atoms with van der Waals surface area (Å²) in [6.07, 6.45) is 4.06. The Morgan fingerprint density at radius 1 is 1.30 bits per heavy atom. The summed E-state index contributed by atoms with van der Waals surface area (Å²) in [6, 6.07) is 10.9. The van der Waals surface area contributed by atoms with Gasteiger partial charge in [0.25, 0.3) is 0 Å². The number of pyridine rings is 1. The smallest absolute Gasteiger partial charge is 0.191 e. The second-order valence-corrected chi connectivity index (χ2v) is 7.71. The molecule has 0 aliphatic carbocycles. The van der Waals surface area contributed by atoms with Crippen molar-refractivity contribution in [2.24, 2.45) is 4.99 Å². The highest BCUT2D eigenvalue weighted by Gasteiger charge is 2.20. The van der Waals surface area contributed by atoms with Gasteiger partial charge in [0.2, 0.25) is 0 Å². The normalized spacial score (nSPS) is 16.5. The lowest BCUT2D eigenvalue weighted by atomic mass is 10.1. The molecule has 2 aromatic rings. The zero-order chi connectivity index (χ0) is 18.2. The molecule has 1 fully saturated rings. The van der Waals surface area contributed by atoms with Crippen LogP contribution in [-0.2, 0) is 0 Å². The van der Waals surface area contributed by atoms with Crippen LogP contribution in [0.25, 0.3) is 0 Å². The molecular weight excluding hydrogens is 469 g/mol. The van der Waals surface area contributed by atoms with Gasteiger partial charge in [-0.15, -0.1) is 35.3 Å². The van der Waals surface area contributed by atoms with Crippen molar-refractivity contribution in [1.29, 1.82) is 0 Å². The molecule has 3 heterocycles. The number of nitrogens with zero attached hydrogens (tertiary/aromatic N) is 3. The van der Waals surface area contributed by atoms with E-state index in [9.17, 15) is 0 Å². The highest BCUT2D eigenvalue weighted by molar-refractivity contribution is 14.0. The molecule has 1 atom stereocenters. The maximum Gasteiger partial charge on any atom is 0.191 e. The van der Waals surface area contributed by atoms with Gasteiger partial charge in [-0.05, 0) is 43.3 Å². The number of nitrogens with one attached hydrogen (secondary N) is 2. The number of hydrogen-bond donors (Lipinski definition) is 2. The summed E-state index contributed by atoms with van der Waals surface area (Å²) in [5, 5.41) is 9.15. The number of thiophene rings is 1. The minimum Gasteiger partial charge on any atom is -0.357 e. The third-order valence-electron chi connectivity index (χ3n) is 4.71. The fraction of sp³-hybridized carbons (Fsp3) is 0.500. The van der Waals surface area contributed by atoms with Gasteiger partial charge in [0, 0.05) is 42.7 Å². The molecule has 0 aromatic carbocycles. The van der Waals surface area contributed by atoms with Gasteiger partial charge in [0.05, 0.1) is 6.54 Å². The minimum absolute atomic E-state index is 0. The second-order valence-electron chi connectivity index (χ2n) is 6.73. The van der Waals surface area contributed by atoms with Crippen molar-refractivity contribution in [1.82, 2.24) is 15.6 Å². The van der Waals surface area contributed by atoms with E-state index in [-0.39, 0.29) is 24.0 Å². The lowest BCUT2D eigenvalue weighted by molar-refractivity contribution is 0.459. The van der Waals surface area contributed by atoms with Crippen LogP contribution in [0.2, 0.25) is 0 Å². The summed E-state index contributed by atoms with van der Waals surface area (Å²) in [5.41, 5.74) is 0. The molecule has 0 radical (unpaired) electrons. The monoisotopic (exact) mass is 499 g/mol. The molecule has 0 saturated carbocycles. The molecule has 0 bridgehead atoms. The van der Waals surface area contributed by atoms with E-state index in [1.165, 1.54) is 4.88 Å². The number of rotatable bonds is 6. The van der Waals surface area contributed by atoms with Crippen LogP contribution in [0.3, 0.4) is 0 Å². The molecule has 1 saturated heterocycles. The molecule has 7 heteroatoms. The van der Waals surface area contributed by atoms with Gasteiger partial charge in [0.15, 0.2) is 5.96 Å². The highest BCUT2D eigenvalue weighted by Crippen LogP contribution is 2.21. The number of hydrogen-bond acceptors (Lipinski definition) is 4. The van der Waals surface area contributed by atoms with Gasteiger partial charge in [-0.25, -0.2) is 4.98 Å². The Kier molecular flexibility index (Phi) is 9.33. The standard InChI is InChI=1S/C20H29N5S.HI/c1-3-21-20(23-15-16(2)18-7-6-14-26-18)24-17-9-12-25(13-10-17)19-8-4-5-11-22-19;/h4-8,11,14,16-17H,3,9-10,12-13,15H2,1-2H3,(H2,21,23,24);1H. The largest absolute Gasteiger partial charge is 0.357 e.